The number of hydrogen-bond donors (Lipinski definition) is 0. The molecule has 1 nitrogen and oxygen atoms in total. The quantitative estimate of drug-likeness (QED) is 0.180. The lowest BCUT2D eigenvalue weighted by Crippen LogP contribution is -2.43. The number of fused-ring (bicyclic) bond motifs is 10. The van der Waals surface area contributed by atoms with E-state index in [4.69, 9.17) is 0 Å². The van der Waals surface area contributed by atoms with E-state index in [0.29, 0.717) is 0 Å². The standard InChI is InChI=1S/C44H35N/c1-43(2)39-26-20-30(28-17-21-31(22-18-28)45-40-15-9-7-13-34(40)35-14-8-10-16-41(35)45)27-38(39)37-25-24-33-32-12-6-5-11-29(32)19-23-36(33)42(37)44(43,3)4/h5-27H,1-4H3. The molecule has 0 amide bonds. The van der Waals surface area contributed by atoms with Crippen LogP contribution >= 0.6 is 0 Å². The first kappa shape index (κ1) is 26.3. The first-order valence-electron chi connectivity index (χ1n) is 16.0. The SMILES string of the molecule is CC1(C)c2ccc(-c3ccc(-n4c5ccccc5c5ccccc54)cc3)cc2-c2ccc3c(ccc4ccccc43)c2C1(C)C. The summed E-state index contributed by atoms with van der Waals surface area (Å²) < 4.78 is 2.39. The normalized spacial score (nSPS) is 15.0. The summed E-state index contributed by atoms with van der Waals surface area (Å²) in [6.45, 7) is 9.72. The molecule has 0 spiro atoms. The van der Waals surface area contributed by atoms with Crippen molar-refractivity contribution in [2.24, 2.45) is 0 Å². The molecule has 0 N–H and O–H groups in total. The minimum atomic E-state index is -0.0528. The second kappa shape index (κ2) is 9.19. The van der Waals surface area contributed by atoms with Crippen LogP contribution in [0.25, 0.3) is 71.3 Å². The molecule has 0 saturated heterocycles. The van der Waals surface area contributed by atoms with Crippen LogP contribution in [-0.4, -0.2) is 4.57 Å². The zero-order valence-electron chi connectivity index (χ0n) is 26.2. The van der Waals surface area contributed by atoms with Crippen molar-refractivity contribution < 1.29 is 0 Å². The molecule has 8 aromatic rings. The van der Waals surface area contributed by atoms with Gasteiger partial charge < -0.3 is 4.57 Å². The second-order valence-electron chi connectivity index (χ2n) is 13.8. The molecule has 1 aromatic heterocycles. The average molecular weight is 578 g/mol. The van der Waals surface area contributed by atoms with Crippen molar-refractivity contribution in [2.75, 3.05) is 0 Å². The summed E-state index contributed by atoms with van der Waals surface area (Å²) in [6, 6.07) is 51.8. The number of nitrogens with zero attached hydrogens (tertiary/aromatic N) is 1. The third kappa shape index (κ3) is 3.56. The van der Waals surface area contributed by atoms with Gasteiger partial charge in [-0.1, -0.05) is 137 Å². The largest absolute Gasteiger partial charge is 0.309 e. The predicted octanol–water partition coefficient (Wildman–Crippen LogP) is 12.0. The van der Waals surface area contributed by atoms with Crippen LogP contribution < -0.4 is 0 Å². The van der Waals surface area contributed by atoms with Gasteiger partial charge in [0.05, 0.1) is 11.0 Å². The van der Waals surface area contributed by atoms with E-state index in [1.54, 1.807) is 0 Å². The average Bonchev–Trinajstić information content (AvgIpc) is 3.41. The fourth-order valence-electron chi connectivity index (χ4n) is 8.13. The molecule has 0 fully saturated rings. The Hall–Kier alpha value is -5.14. The molecule has 0 atom stereocenters. The van der Waals surface area contributed by atoms with Gasteiger partial charge in [0, 0.05) is 21.9 Å². The van der Waals surface area contributed by atoms with Crippen LogP contribution in [0.15, 0.2) is 140 Å². The molecule has 9 rings (SSSR count). The zero-order chi connectivity index (χ0) is 30.5. The maximum absolute atomic E-state index is 2.44. The Morgan fingerprint density at radius 3 is 1.73 bits per heavy atom. The molecule has 0 saturated carbocycles. The number of aromatic nitrogens is 1. The molecule has 7 aromatic carbocycles. The molecule has 1 aliphatic rings. The van der Waals surface area contributed by atoms with Crippen molar-refractivity contribution in [3.05, 3.63) is 151 Å². The molecule has 216 valence electrons. The summed E-state index contributed by atoms with van der Waals surface area (Å²) in [5.41, 5.74) is 11.6. The lowest BCUT2D eigenvalue weighted by molar-refractivity contribution is 0.301. The number of hydrogen-bond acceptors (Lipinski definition) is 0. The van der Waals surface area contributed by atoms with Crippen LogP contribution in [0.5, 0.6) is 0 Å². The van der Waals surface area contributed by atoms with E-state index in [2.05, 4.69) is 172 Å². The molecule has 1 aliphatic carbocycles. The molecule has 45 heavy (non-hydrogen) atoms. The first-order valence-corrected chi connectivity index (χ1v) is 16.0. The highest BCUT2D eigenvalue weighted by Gasteiger charge is 2.46. The Morgan fingerprint density at radius 1 is 0.422 bits per heavy atom. The number of para-hydroxylation sites is 2. The van der Waals surface area contributed by atoms with E-state index in [-0.39, 0.29) is 10.8 Å². The van der Waals surface area contributed by atoms with E-state index in [0.717, 1.165) is 0 Å². The van der Waals surface area contributed by atoms with Crippen LogP contribution in [0.1, 0.15) is 38.8 Å². The summed E-state index contributed by atoms with van der Waals surface area (Å²) in [6.07, 6.45) is 0. The minimum Gasteiger partial charge on any atom is -0.309 e. The Bertz CT molecular complexity index is 2420. The highest BCUT2D eigenvalue weighted by atomic mass is 15.0. The van der Waals surface area contributed by atoms with Gasteiger partial charge in [-0.05, 0) is 90.7 Å². The smallest absolute Gasteiger partial charge is 0.0541 e. The van der Waals surface area contributed by atoms with Gasteiger partial charge in [-0.2, -0.15) is 0 Å². The van der Waals surface area contributed by atoms with Gasteiger partial charge in [0.15, 0.2) is 0 Å². The van der Waals surface area contributed by atoms with E-state index in [9.17, 15) is 0 Å². The van der Waals surface area contributed by atoms with Crippen LogP contribution in [0.4, 0.5) is 0 Å². The number of rotatable bonds is 2. The van der Waals surface area contributed by atoms with Crippen LogP contribution in [0.2, 0.25) is 0 Å². The molecule has 0 radical (unpaired) electrons. The van der Waals surface area contributed by atoms with E-state index in [1.807, 2.05) is 0 Å². The van der Waals surface area contributed by atoms with Gasteiger partial charge >= 0.3 is 0 Å². The second-order valence-corrected chi connectivity index (χ2v) is 13.8. The monoisotopic (exact) mass is 577 g/mol. The Kier molecular flexibility index (Phi) is 5.37. The molecule has 0 unspecified atom stereocenters. The summed E-state index contributed by atoms with van der Waals surface area (Å²) in [5.74, 6) is 0. The Balaban J connectivity index is 1.21. The third-order valence-corrected chi connectivity index (χ3v) is 11.1. The fraction of sp³-hybridized carbons (Fsp3) is 0.136. The van der Waals surface area contributed by atoms with Gasteiger partial charge in [-0.15, -0.1) is 0 Å². The van der Waals surface area contributed by atoms with Gasteiger partial charge in [0.25, 0.3) is 0 Å². The van der Waals surface area contributed by atoms with Crippen LogP contribution in [0.3, 0.4) is 0 Å². The van der Waals surface area contributed by atoms with Crippen molar-refractivity contribution in [2.45, 2.75) is 38.5 Å². The fourth-order valence-corrected chi connectivity index (χ4v) is 8.13. The van der Waals surface area contributed by atoms with E-state index >= 15 is 0 Å². The molecular weight excluding hydrogens is 542 g/mol. The molecule has 1 heteroatoms. The van der Waals surface area contributed by atoms with Crippen LogP contribution in [-0.2, 0) is 10.8 Å². The van der Waals surface area contributed by atoms with Crippen molar-refractivity contribution in [1.82, 2.24) is 4.57 Å². The lowest BCUT2D eigenvalue weighted by atomic mass is 9.54. The van der Waals surface area contributed by atoms with E-state index < -0.39 is 0 Å². The maximum atomic E-state index is 2.44. The topological polar surface area (TPSA) is 4.93 Å². The van der Waals surface area contributed by atoms with Crippen LogP contribution in [0, 0.1) is 0 Å². The lowest BCUT2D eigenvalue weighted by Gasteiger charge is -2.49. The van der Waals surface area contributed by atoms with Crippen molar-refractivity contribution in [1.29, 1.82) is 0 Å². The Morgan fingerprint density at radius 2 is 1.02 bits per heavy atom. The third-order valence-electron chi connectivity index (χ3n) is 11.1. The van der Waals surface area contributed by atoms with E-state index in [1.165, 1.54) is 82.4 Å². The summed E-state index contributed by atoms with van der Waals surface area (Å²) in [5, 5.41) is 7.92. The molecule has 0 bridgehead atoms. The molecular formula is C44H35N. The number of benzene rings is 7. The van der Waals surface area contributed by atoms with Gasteiger partial charge in [-0.3, -0.25) is 0 Å². The zero-order valence-corrected chi connectivity index (χ0v) is 26.2. The van der Waals surface area contributed by atoms with Gasteiger partial charge in [0.1, 0.15) is 0 Å². The van der Waals surface area contributed by atoms with Crippen molar-refractivity contribution in [3.63, 3.8) is 0 Å². The molecule has 1 heterocycles. The van der Waals surface area contributed by atoms with Crippen molar-refractivity contribution in [3.8, 4) is 27.9 Å². The maximum Gasteiger partial charge on any atom is 0.0541 e. The van der Waals surface area contributed by atoms with Gasteiger partial charge in [-0.25, -0.2) is 0 Å². The van der Waals surface area contributed by atoms with Crippen molar-refractivity contribution >= 4 is 43.4 Å². The van der Waals surface area contributed by atoms with Gasteiger partial charge in [0.2, 0.25) is 0 Å². The highest BCUT2D eigenvalue weighted by molar-refractivity contribution is 6.11. The highest BCUT2D eigenvalue weighted by Crippen LogP contribution is 2.56. The summed E-state index contributed by atoms with van der Waals surface area (Å²) >= 11 is 0. The first-order chi connectivity index (χ1) is 21.8. The predicted molar refractivity (Wildman–Crippen MR) is 193 cm³/mol. The summed E-state index contributed by atoms with van der Waals surface area (Å²) in [4.78, 5) is 0. The Labute approximate surface area is 264 Å². The molecule has 0 aliphatic heterocycles. The summed E-state index contributed by atoms with van der Waals surface area (Å²) in [7, 11) is 0. The minimum absolute atomic E-state index is 0.0474.